The molecule has 1 N–H and O–H groups in total. The molecule has 0 aliphatic carbocycles. The Kier molecular flexibility index (Phi) is 7.20. The molecule has 1 aromatic carbocycles. The lowest BCUT2D eigenvalue weighted by Crippen LogP contribution is -2.46. The number of rotatable bonds is 6. The summed E-state index contributed by atoms with van der Waals surface area (Å²) in [7, 11) is 0. The van der Waals surface area contributed by atoms with Crippen LogP contribution in [0.4, 0.5) is 9.93 Å². The van der Waals surface area contributed by atoms with Gasteiger partial charge in [0.1, 0.15) is 0 Å². The van der Waals surface area contributed by atoms with Crippen molar-refractivity contribution in [2.45, 2.75) is 20.1 Å². The Morgan fingerprint density at radius 3 is 2.59 bits per heavy atom. The van der Waals surface area contributed by atoms with E-state index in [2.05, 4.69) is 32.3 Å². The van der Waals surface area contributed by atoms with Crippen LogP contribution in [0, 0.1) is 3.95 Å². The van der Waals surface area contributed by atoms with Gasteiger partial charge in [-0.2, -0.15) is 0 Å². The third-order valence-electron chi connectivity index (χ3n) is 4.21. The van der Waals surface area contributed by atoms with Gasteiger partial charge in [-0.25, -0.2) is 9.48 Å². The van der Waals surface area contributed by atoms with E-state index in [-0.39, 0.29) is 0 Å². The molecule has 1 aliphatic rings. The number of hydrogen-bond acceptors (Lipinski definition) is 7. The third kappa shape index (κ3) is 5.98. The molecule has 10 heteroatoms. The number of ether oxygens (including phenoxy) is 1. The molecule has 0 atom stereocenters. The van der Waals surface area contributed by atoms with Crippen molar-refractivity contribution >= 4 is 46.4 Å². The zero-order valence-corrected chi connectivity index (χ0v) is 17.4. The number of carbonyl (C=O) groups is 1. The van der Waals surface area contributed by atoms with E-state index in [9.17, 15) is 4.79 Å². The Hall–Kier alpha value is -1.52. The summed E-state index contributed by atoms with van der Waals surface area (Å²) >= 11 is 12.6. The van der Waals surface area contributed by atoms with E-state index in [1.165, 1.54) is 16.9 Å². The van der Waals surface area contributed by atoms with Crippen molar-refractivity contribution in [3.63, 3.8) is 0 Å². The second-order valence-corrected chi connectivity index (χ2v) is 8.24. The number of hydrogen-bond donors (Lipinski definition) is 1. The summed E-state index contributed by atoms with van der Waals surface area (Å²) in [5.41, 5.74) is 1.27. The lowest BCUT2D eigenvalue weighted by atomic mass is 10.2. The number of piperazine rings is 1. The second kappa shape index (κ2) is 9.61. The molecule has 0 radical (unpaired) electrons. The lowest BCUT2D eigenvalue weighted by molar-refractivity contribution is 0.0985. The van der Waals surface area contributed by atoms with E-state index in [0.717, 1.165) is 37.7 Å². The molecule has 7 nitrogen and oxygen atoms in total. The summed E-state index contributed by atoms with van der Waals surface area (Å²) < 4.78 is 7.24. The van der Waals surface area contributed by atoms with Crippen molar-refractivity contribution in [1.29, 1.82) is 0 Å². The van der Waals surface area contributed by atoms with Gasteiger partial charge in [-0.1, -0.05) is 35.1 Å². The monoisotopic (exact) mass is 427 g/mol. The van der Waals surface area contributed by atoms with Gasteiger partial charge in [0.2, 0.25) is 5.13 Å². The van der Waals surface area contributed by atoms with Crippen LogP contribution in [0.25, 0.3) is 0 Å². The van der Waals surface area contributed by atoms with Crippen molar-refractivity contribution in [2.75, 3.05) is 38.1 Å². The van der Waals surface area contributed by atoms with Gasteiger partial charge in [0, 0.05) is 37.7 Å². The average Bonchev–Trinajstić information content (AvgIpc) is 2.97. The zero-order valence-electron chi connectivity index (χ0n) is 15.1. The van der Waals surface area contributed by atoms with Crippen molar-refractivity contribution in [2.24, 2.45) is 0 Å². The molecule has 1 aromatic heterocycles. The zero-order chi connectivity index (χ0) is 19.2. The maximum absolute atomic E-state index is 11.5. The van der Waals surface area contributed by atoms with Crippen molar-refractivity contribution in [1.82, 2.24) is 19.6 Å². The summed E-state index contributed by atoms with van der Waals surface area (Å²) in [6.45, 7) is 7.46. The fraction of sp³-hybridized carbons (Fsp3) is 0.471. The van der Waals surface area contributed by atoms with E-state index in [4.69, 9.17) is 28.6 Å². The molecular formula is C17H22ClN5O2S2. The maximum atomic E-state index is 11.5. The Morgan fingerprint density at radius 2 is 1.93 bits per heavy atom. The molecule has 1 fully saturated rings. The van der Waals surface area contributed by atoms with Gasteiger partial charge in [-0.3, -0.25) is 15.1 Å². The second-order valence-electron chi connectivity index (χ2n) is 6.18. The highest BCUT2D eigenvalue weighted by Crippen LogP contribution is 2.16. The van der Waals surface area contributed by atoms with Gasteiger partial charge in [-0.15, -0.1) is 5.10 Å². The summed E-state index contributed by atoms with van der Waals surface area (Å²) in [6, 6.07) is 8.00. The van der Waals surface area contributed by atoms with Crippen LogP contribution in [0.3, 0.4) is 0 Å². The molecule has 146 valence electrons. The van der Waals surface area contributed by atoms with E-state index < -0.39 is 6.09 Å². The molecule has 0 saturated carbocycles. The fourth-order valence-electron chi connectivity index (χ4n) is 2.83. The van der Waals surface area contributed by atoms with Crippen LogP contribution in [0.15, 0.2) is 24.3 Å². The van der Waals surface area contributed by atoms with Crippen LogP contribution in [0.2, 0.25) is 5.02 Å². The first-order chi connectivity index (χ1) is 13.0. The number of benzene rings is 1. The van der Waals surface area contributed by atoms with Crippen LogP contribution in [0.1, 0.15) is 12.5 Å². The minimum Gasteiger partial charge on any atom is -0.450 e. The Bertz CT molecular complexity index is 815. The van der Waals surface area contributed by atoms with Gasteiger partial charge in [0.05, 0.1) is 13.3 Å². The molecular weight excluding hydrogens is 406 g/mol. The molecule has 1 aliphatic heterocycles. The number of nitrogens with one attached hydrogen (secondary N) is 1. The SMILES string of the molecule is CCOC(=O)Nc1nn(CN2CCN(Cc3ccc(Cl)cc3)CC2)c(=S)s1. The smallest absolute Gasteiger partial charge is 0.413 e. The minimum atomic E-state index is -0.510. The summed E-state index contributed by atoms with van der Waals surface area (Å²) in [6.07, 6.45) is -0.510. The van der Waals surface area contributed by atoms with Gasteiger partial charge in [-0.05, 0) is 36.8 Å². The summed E-state index contributed by atoms with van der Waals surface area (Å²) in [4.78, 5) is 16.2. The Labute approximate surface area is 172 Å². The first kappa shape index (κ1) is 20.2. The molecule has 27 heavy (non-hydrogen) atoms. The lowest BCUT2D eigenvalue weighted by Gasteiger charge is -2.34. The van der Waals surface area contributed by atoms with E-state index in [1.54, 1.807) is 11.6 Å². The molecule has 2 aromatic rings. The predicted molar refractivity (Wildman–Crippen MR) is 110 cm³/mol. The van der Waals surface area contributed by atoms with Crippen LogP contribution in [-0.2, 0) is 18.0 Å². The van der Waals surface area contributed by atoms with Crippen LogP contribution < -0.4 is 5.32 Å². The topological polar surface area (TPSA) is 62.6 Å². The fourth-order valence-corrected chi connectivity index (χ4v) is 3.93. The number of aromatic nitrogens is 2. The van der Waals surface area contributed by atoms with Gasteiger partial charge in [0.15, 0.2) is 3.95 Å². The molecule has 0 unspecified atom stereocenters. The van der Waals surface area contributed by atoms with E-state index >= 15 is 0 Å². The number of amides is 1. The molecule has 3 rings (SSSR count). The third-order valence-corrected chi connectivity index (χ3v) is 5.68. The summed E-state index contributed by atoms with van der Waals surface area (Å²) in [5.74, 6) is 0. The number of nitrogens with zero attached hydrogens (tertiary/aromatic N) is 4. The number of carbonyl (C=O) groups excluding carboxylic acids is 1. The Balaban J connectivity index is 1.49. The van der Waals surface area contributed by atoms with Crippen molar-refractivity contribution in [3.8, 4) is 0 Å². The highest BCUT2D eigenvalue weighted by Gasteiger charge is 2.18. The van der Waals surface area contributed by atoms with Gasteiger partial charge >= 0.3 is 6.09 Å². The molecule has 2 heterocycles. The van der Waals surface area contributed by atoms with Gasteiger partial charge < -0.3 is 4.74 Å². The largest absolute Gasteiger partial charge is 0.450 e. The molecule has 1 saturated heterocycles. The molecule has 1 amide bonds. The van der Waals surface area contributed by atoms with Crippen molar-refractivity contribution in [3.05, 3.63) is 38.8 Å². The Morgan fingerprint density at radius 1 is 1.26 bits per heavy atom. The standard InChI is InChI=1S/C17H22ClN5O2S2/c1-2-25-16(24)19-15-20-23(17(26)27-15)12-22-9-7-21(8-10-22)11-13-3-5-14(18)6-4-13/h3-6H,2,7-12H2,1H3,(H,19,20,24). The van der Waals surface area contributed by atoms with Crippen LogP contribution in [0.5, 0.6) is 0 Å². The first-order valence-electron chi connectivity index (χ1n) is 8.74. The van der Waals surface area contributed by atoms with Gasteiger partial charge in [0.25, 0.3) is 0 Å². The number of anilines is 1. The van der Waals surface area contributed by atoms with Crippen LogP contribution >= 0.6 is 35.2 Å². The predicted octanol–water partition coefficient (Wildman–Crippen LogP) is 3.67. The minimum absolute atomic E-state index is 0.318. The van der Waals surface area contributed by atoms with Crippen LogP contribution in [-0.4, -0.2) is 58.5 Å². The number of halogens is 1. The highest BCUT2D eigenvalue weighted by molar-refractivity contribution is 7.73. The molecule has 0 spiro atoms. The average molecular weight is 428 g/mol. The van der Waals surface area contributed by atoms with E-state index in [1.807, 2.05) is 12.1 Å². The highest BCUT2D eigenvalue weighted by atomic mass is 35.5. The summed E-state index contributed by atoms with van der Waals surface area (Å²) in [5, 5.41) is 8.20. The normalized spacial score (nSPS) is 15.6. The quantitative estimate of drug-likeness (QED) is 0.709. The van der Waals surface area contributed by atoms with E-state index in [0.29, 0.717) is 22.4 Å². The van der Waals surface area contributed by atoms with Crippen molar-refractivity contribution < 1.29 is 9.53 Å². The molecule has 0 bridgehead atoms. The maximum Gasteiger partial charge on any atom is 0.413 e. The first-order valence-corrected chi connectivity index (χ1v) is 10.3.